The van der Waals surface area contributed by atoms with Crippen molar-refractivity contribution in [3.05, 3.63) is 35.9 Å². The van der Waals surface area contributed by atoms with Crippen LogP contribution in [0.3, 0.4) is 0 Å². The Hall–Kier alpha value is -2.19. The lowest BCUT2D eigenvalue weighted by Crippen LogP contribution is -2.54. The summed E-state index contributed by atoms with van der Waals surface area (Å²) in [6.07, 6.45) is 0.142. The molecule has 1 heterocycles. The van der Waals surface area contributed by atoms with E-state index in [1.54, 1.807) is 6.92 Å². The lowest BCUT2D eigenvalue weighted by Gasteiger charge is -2.38. The van der Waals surface area contributed by atoms with Crippen molar-refractivity contribution in [2.45, 2.75) is 26.3 Å². The number of Topliss-reactive ketones (excluding diaryl/α,β-unsaturated/α-hetero) is 1. The molecular weight excluding hydrogens is 280 g/mol. The molecule has 22 heavy (non-hydrogen) atoms. The third kappa shape index (κ3) is 3.34. The molecule has 1 aromatic rings. The minimum Gasteiger partial charge on any atom is -0.465 e. The van der Waals surface area contributed by atoms with E-state index in [0.29, 0.717) is 13.1 Å². The Morgan fingerprint density at radius 2 is 2.14 bits per heavy atom. The highest BCUT2D eigenvalue weighted by Crippen LogP contribution is 2.32. The summed E-state index contributed by atoms with van der Waals surface area (Å²) in [5, 5.41) is 9.07. The summed E-state index contributed by atoms with van der Waals surface area (Å²) < 4.78 is 5.07. The van der Waals surface area contributed by atoms with Gasteiger partial charge in [0.05, 0.1) is 19.1 Å². The first-order valence-electron chi connectivity index (χ1n) is 7.46. The maximum Gasteiger partial charge on any atom is 0.322 e. The summed E-state index contributed by atoms with van der Waals surface area (Å²) in [6.45, 7) is 3.40. The average Bonchev–Trinajstić information content (AvgIpc) is 2.52. The van der Waals surface area contributed by atoms with Gasteiger partial charge in [-0.3, -0.25) is 14.5 Å². The van der Waals surface area contributed by atoms with Gasteiger partial charge >= 0.3 is 5.97 Å². The van der Waals surface area contributed by atoms with Gasteiger partial charge in [0.1, 0.15) is 0 Å². The van der Waals surface area contributed by atoms with Gasteiger partial charge in [-0.1, -0.05) is 30.3 Å². The number of rotatable bonds is 5. The summed E-state index contributed by atoms with van der Waals surface area (Å²) in [6, 6.07) is 11.9. The number of ether oxygens (including phenoxy) is 1. The van der Waals surface area contributed by atoms with Gasteiger partial charge in [0.25, 0.3) is 0 Å². The van der Waals surface area contributed by atoms with E-state index in [-0.39, 0.29) is 31.8 Å². The molecule has 0 saturated carbocycles. The molecule has 0 aliphatic carbocycles. The van der Waals surface area contributed by atoms with E-state index in [9.17, 15) is 9.59 Å². The average molecular weight is 300 g/mol. The Labute approximate surface area is 130 Å². The summed E-state index contributed by atoms with van der Waals surface area (Å²) in [5.41, 5.74) is -0.218. The number of benzene rings is 1. The fourth-order valence-electron chi connectivity index (χ4n) is 2.83. The number of carbonyl (C=O) groups is 2. The molecule has 5 nitrogen and oxygen atoms in total. The molecular formula is C17H20N2O3. The second-order valence-corrected chi connectivity index (χ2v) is 5.51. The standard InChI is InChI=1S/C17H20N2O3/c1-2-22-16(21)17(9-10-18)13-19(11-8-15(17)20)12-14-6-4-3-5-7-14/h3-7H,2,8-9,11-13H2,1H3. The van der Waals surface area contributed by atoms with E-state index in [2.05, 4.69) is 0 Å². The fourth-order valence-corrected chi connectivity index (χ4v) is 2.83. The molecule has 1 aliphatic heterocycles. The van der Waals surface area contributed by atoms with E-state index in [1.165, 1.54) is 0 Å². The third-order valence-electron chi connectivity index (χ3n) is 3.98. The third-order valence-corrected chi connectivity index (χ3v) is 3.98. The van der Waals surface area contributed by atoms with Gasteiger partial charge in [-0.2, -0.15) is 5.26 Å². The number of nitrogens with zero attached hydrogens (tertiary/aromatic N) is 2. The predicted molar refractivity (Wildman–Crippen MR) is 80.6 cm³/mol. The molecule has 0 amide bonds. The number of carbonyl (C=O) groups excluding carboxylic acids is 2. The van der Waals surface area contributed by atoms with Crippen LogP contribution in [0, 0.1) is 16.7 Å². The molecule has 0 bridgehead atoms. The Morgan fingerprint density at radius 1 is 1.41 bits per heavy atom. The van der Waals surface area contributed by atoms with Gasteiger partial charge in [0.15, 0.2) is 11.2 Å². The van der Waals surface area contributed by atoms with E-state index in [0.717, 1.165) is 5.56 Å². The van der Waals surface area contributed by atoms with Gasteiger partial charge in [-0.05, 0) is 12.5 Å². The van der Waals surface area contributed by atoms with Crippen molar-refractivity contribution in [3.63, 3.8) is 0 Å². The molecule has 1 aliphatic rings. The number of ketones is 1. The number of hydrogen-bond donors (Lipinski definition) is 0. The molecule has 1 saturated heterocycles. The van der Waals surface area contributed by atoms with Crippen LogP contribution < -0.4 is 0 Å². The smallest absolute Gasteiger partial charge is 0.322 e. The van der Waals surface area contributed by atoms with Crippen molar-refractivity contribution in [1.82, 2.24) is 4.90 Å². The molecule has 0 aromatic heterocycles. The molecule has 0 spiro atoms. The maximum absolute atomic E-state index is 12.3. The number of hydrogen-bond acceptors (Lipinski definition) is 5. The van der Waals surface area contributed by atoms with Crippen molar-refractivity contribution >= 4 is 11.8 Å². The van der Waals surface area contributed by atoms with Crippen LogP contribution in [0.4, 0.5) is 0 Å². The van der Waals surface area contributed by atoms with Crippen LogP contribution in [0.2, 0.25) is 0 Å². The van der Waals surface area contributed by atoms with Crippen LogP contribution in [-0.2, 0) is 20.9 Å². The van der Waals surface area contributed by atoms with Gasteiger partial charge in [0.2, 0.25) is 0 Å². The largest absolute Gasteiger partial charge is 0.465 e. The van der Waals surface area contributed by atoms with Crippen molar-refractivity contribution in [3.8, 4) is 6.07 Å². The van der Waals surface area contributed by atoms with Crippen LogP contribution in [0.25, 0.3) is 0 Å². The molecule has 0 N–H and O–H groups in total. The highest BCUT2D eigenvalue weighted by molar-refractivity contribution is 6.05. The fraction of sp³-hybridized carbons (Fsp3) is 0.471. The quantitative estimate of drug-likeness (QED) is 0.614. The number of nitriles is 1. The molecule has 1 unspecified atom stereocenters. The van der Waals surface area contributed by atoms with Crippen LogP contribution in [0.1, 0.15) is 25.3 Å². The normalized spacial score (nSPS) is 22.1. The van der Waals surface area contributed by atoms with E-state index in [4.69, 9.17) is 10.00 Å². The van der Waals surface area contributed by atoms with Crippen LogP contribution in [0.15, 0.2) is 30.3 Å². The van der Waals surface area contributed by atoms with E-state index in [1.807, 2.05) is 41.3 Å². The lowest BCUT2D eigenvalue weighted by atomic mass is 9.76. The highest BCUT2D eigenvalue weighted by atomic mass is 16.5. The monoisotopic (exact) mass is 300 g/mol. The Kier molecular flexibility index (Phi) is 5.29. The molecule has 1 aromatic carbocycles. The summed E-state index contributed by atoms with van der Waals surface area (Å²) in [4.78, 5) is 26.7. The Balaban J connectivity index is 2.19. The summed E-state index contributed by atoms with van der Waals surface area (Å²) in [5.74, 6) is -0.754. The van der Waals surface area contributed by atoms with Crippen LogP contribution >= 0.6 is 0 Å². The molecule has 0 radical (unpaired) electrons. The Bertz CT molecular complexity index is 579. The topological polar surface area (TPSA) is 70.4 Å². The SMILES string of the molecule is CCOC(=O)C1(CC#N)CN(Cc2ccccc2)CCC1=O. The van der Waals surface area contributed by atoms with Gasteiger partial charge < -0.3 is 4.74 Å². The first kappa shape index (κ1) is 16.2. The molecule has 1 fully saturated rings. The minimum absolute atomic E-state index is 0.129. The zero-order valence-corrected chi connectivity index (χ0v) is 12.7. The minimum atomic E-state index is -1.34. The van der Waals surface area contributed by atoms with Gasteiger partial charge in [-0.15, -0.1) is 0 Å². The number of likely N-dealkylation sites (tertiary alicyclic amines) is 1. The molecule has 2 rings (SSSR count). The number of piperidine rings is 1. The van der Waals surface area contributed by atoms with Crippen molar-refractivity contribution in [2.75, 3.05) is 19.7 Å². The first-order valence-corrected chi connectivity index (χ1v) is 7.46. The van der Waals surface area contributed by atoms with Crippen molar-refractivity contribution in [1.29, 1.82) is 5.26 Å². The summed E-state index contributed by atoms with van der Waals surface area (Å²) in [7, 11) is 0. The first-order chi connectivity index (χ1) is 10.6. The molecule has 116 valence electrons. The maximum atomic E-state index is 12.3. The van der Waals surface area contributed by atoms with Crippen LogP contribution in [-0.4, -0.2) is 36.3 Å². The second kappa shape index (κ2) is 7.19. The van der Waals surface area contributed by atoms with Gasteiger partial charge in [-0.25, -0.2) is 0 Å². The zero-order valence-electron chi connectivity index (χ0n) is 12.7. The lowest BCUT2D eigenvalue weighted by molar-refractivity contribution is -0.164. The second-order valence-electron chi connectivity index (χ2n) is 5.51. The predicted octanol–water partition coefficient (Wildman–Crippen LogP) is 1.92. The zero-order chi connectivity index (χ0) is 16.0. The molecule has 5 heteroatoms. The number of esters is 1. The molecule has 1 atom stereocenters. The van der Waals surface area contributed by atoms with Crippen LogP contribution in [0.5, 0.6) is 0 Å². The summed E-state index contributed by atoms with van der Waals surface area (Å²) >= 11 is 0. The van der Waals surface area contributed by atoms with Crippen molar-refractivity contribution < 1.29 is 14.3 Å². The van der Waals surface area contributed by atoms with Crippen molar-refractivity contribution in [2.24, 2.45) is 5.41 Å². The highest BCUT2D eigenvalue weighted by Gasteiger charge is 2.50. The van der Waals surface area contributed by atoms with E-state index < -0.39 is 11.4 Å². The van der Waals surface area contributed by atoms with Gasteiger partial charge in [0, 0.05) is 26.1 Å². The van der Waals surface area contributed by atoms with E-state index >= 15 is 0 Å². The Morgan fingerprint density at radius 3 is 2.77 bits per heavy atom.